The Bertz CT molecular complexity index is 510. The predicted octanol–water partition coefficient (Wildman–Crippen LogP) is 2.39. The van der Waals surface area contributed by atoms with E-state index in [9.17, 15) is 0 Å². The van der Waals surface area contributed by atoms with Crippen LogP contribution in [0.25, 0.3) is 10.7 Å². The van der Waals surface area contributed by atoms with E-state index in [1.165, 1.54) is 5.56 Å². The second kappa shape index (κ2) is 4.03. The molecule has 0 aliphatic carbocycles. The van der Waals surface area contributed by atoms with Gasteiger partial charge in [0, 0.05) is 30.3 Å². The lowest BCUT2D eigenvalue weighted by Gasteiger charge is -2.07. The summed E-state index contributed by atoms with van der Waals surface area (Å²) in [6.07, 6.45) is 1.81. The minimum Gasteiger partial charge on any atom is -0.373 e. The summed E-state index contributed by atoms with van der Waals surface area (Å²) in [6, 6.07) is 0. The molecular formula is C10H10N4S2. The van der Waals surface area contributed by atoms with E-state index >= 15 is 0 Å². The molecule has 16 heavy (non-hydrogen) atoms. The fraction of sp³-hybridized carbons (Fsp3) is 0.300. The summed E-state index contributed by atoms with van der Waals surface area (Å²) in [4.78, 5) is 14.2. The van der Waals surface area contributed by atoms with Crippen molar-refractivity contribution in [2.24, 2.45) is 0 Å². The molecule has 0 spiro atoms. The fourth-order valence-electron chi connectivity index (χ4n) is 1.69. The second-order valence-corrected chi connectivity index (χ2v) is 5.30. The van der Waals surface area contributed by atoms with Crippen LogP contribution < -0.4 is 5.32 Å². The van der Waals surface area contributed by atoms with Gasteiger partial charge >= 0.3 is 0 Å². The van der Waals surface area contributed by atoms with Gasteiger partial charge in [-0.3, -0.25) is 4.98 Å². The molecule has 4 nitrogen and oxygen atoms in total. The summed E-state index contributed by atoms with van der Waals surface area (Å²) >= 11 is 3.45. The zero-order chi connectivity index (χ0) is 11.0. The van der Waals surface area contributed by atoms with Crippen LogP contribution in [0.2, 0.25) is 0 Å². The monoisotopic (exact) mass is 250 g/mol. The normalized spacial score (nSPS) is 13.8. The molecule has 2 aromatic heterocycles. The van der Waals surface area contributed by atoms with Crippen LogP contribution in [0.3, 0.4) is 0 Å². The Morgan fingerprint density at radius 3 is 3.00 bits per heavy atom. The van der Waals surface area contributed by atoms with Crippen molar-refractivity contribution in [3.05, 3.63) is 23.0 Å². The van der Waals surface area contributed by atoms with Crippen LogP contribution in [0.1, 0.15) is 11.3 Å². The van der Waals surface area contributed by atoms with E-state index in [-0.39, 0.29) is 0 Å². The minimum atomic E-state index is 0.785. The first-order valence-electron chi connectivity index (χ1n) is 4.92. The van der Waals surface area contributed by atoms with Crippen molar-refractivity contribution >= 4 is 28.9 Å². The highest BCUT2D eigenvalue weighted by molar-refractivity contribution is 7.98. The molecule has 0 aromatic carbocycles. The van der Waals surface area contributed by atoms with E-state index in [4.69, 9.17) is 0 Å². The predicted molar refractivity (Wildman–Crippen MR) is 67.7 cm³/mol. The Kier molecular flexibility index (Phi) is 2.53. The summed E-state index contributed by atoms with van der Waals surface area (Å²) in [6.45, 7) is 0. The zero-order valence-electron chi connectivity index (χ0n) is 8.73. The van der Waals surface area contributed by atoms with Crippen LogP contribution in [0, 0.1) is 0 Å². The minimum absolute atomic E-state index is 0.785. The first kappa shape index (κ1) is 10.0. The lowest BCUT2D eigenvalue weighted by atomic mass is 10.2. The van der Waals surface area contributed by atoms with E-state index in [1.807, 2.05) is 25.0 Å². The van der Waals surface area contributed by atoms with Gasteiger partial charge in [0.25, 0.3) is 0 Å². The largest absolute Gasteiger partial charge is 0.373 e. The van der Waals surface area contributed by atoms with Gasteiger partial charge in [-0.05, 0) is 0 Å². The SMILES string of the molecule is CNc1nc(-c2cncs2)nc2c1CSC2. The van der Waals surface area contributed by atoms with Gasteiger partial charge in [0.05, 0.1) is 16.1 Å². The molecule has 0 saturated carbocycles. The number of thioether (sulfide) groups is 1. The average Bonchev–Trinajstić information content (AvgIpc) is 2.97. The zero-order valence-corrected chi connectivity index (χ0v) is 10.4. The van der Waals surface area contributed by atoms with Gasteiger partial charge in [-0.1, -0.05) is 0 Å². The number of fused-ring (bicyclic) bond motifs is 1. The third-order valence-electron chi connectivity index (χ3n) is 2.47. The standard InChI is InChI=1S/C10H10N4S2/c1-11-9-6-3-15-4-7(6)13-10(14-9)8-2-12-5-16-8/h2,5H,3-4H2,1H3,(H,11,13,14). The van der Waals surface area contributed by atoms with Gasteiger partial charge in [0.2, 0.25) is 0 Å². The molecule has 0 radical (unpaired) electrons. The maximum absolute atomic E-state index is 4.60. The third-order valence-corrected chi connectivity index (χ3v) is 4.21. The van der Waals surface area contributed by atoms with Gasteiger partial charge in [0.1, 0.15) is 5.82 Å². The quantitative estimate of drug-likeness (QED) is 0.887. The molecule has 0 amide bonds. The molecule has 3 rings (SSSR count). The number of anilines is 1. The number of nitrogens with zero attached hydrogens (tertiary/aromatic N) is 3. The number of rotatable bonds is 2. The van der Waals surface area contributed by atoms with Crippen LogP contribution >= 0.6 is 23.1 Å². The second-order valence-electron chi connectivity index (χ2n) is 3.43. The van der Waals surface area contributed by atoms with Crippen molar-refractivity contribution < 1.29 is 0 Å². The molecule has 0 fully saturated rings. The smallest absolute Gasteiger partial charge is 0.173 e. The molecule has 82 valence electrons. The number of hydrogen-bond donors (Lipinski definition) is 1. The Balaban J connectivity index is 2.15. The van der Waals surface area contributed by atoms with Gasteiger partial charge < -0.3 is 5.32 Å². The highest BCUT2D eigenvalue weighted by atomic mass is 32.2. The van der Waals surface area contributed by atoms with E-state index in [0.29, 0.717) is 0 Å². The van der Waals surface area contributed by atoms with Gasteiger partial charge in [-0.15, -0.1) is 11.3 Å². The third kappa shape index (κ3) is 1.58. The molecule has 2 aromatic rings. The highest BCUT2D eigenvalue weighted by Crippen LogP contribution is 2.34. The number of nitrogens with one attached hydrogen (secondary N) is 1. The summed E-state index contributed by atoms with van der Waals surface area (Å²) in [7, 11) is 1.90. The van der Waals surface area contributed by atoms with Crippen LogP contribution in [0.4, 0.5) is 5.82 Å². The van der Waals surface area contributed by atoms with Crippen molar-refractivity contribution in [2.45, 2.75) is 11.5 Å². The number of hydrogen-bond acceptors (Lipinski definition) is 6. The molecule has 6 heteroatoms. The van der Waals surface area contributed by atoms with Crippen LogP contribution in [-0.2, 0) is 11.5 Å². The van der Waals surface area contributed by atoms with E-state index in [0.717, 1.165) is 33.7 Å². The number of thiazole rings is 1. The van der Waals surface area contributed by atoms with Crippen LogP contribution in [0.5, 0.6) is 0 Å². The van der Waals surface area contributed by atoms with E-state index in [2.05, 4.69) is 20.3 Å². The first-order valence-corrected chi connectivity index (χ1v) is 6.96. The van der Waals surface area contributed by atoms with Crippen LogP contribution in [0.15, 0.2) is 11.7 Å². The fourth-order valence-corrected chi connectivity index (χ4v) is 3.29. The molecule has 0 unspecified atom stereocenters. The maximum Gasteiger partial charge on any atom is 0.173 e. The van der Waals surface area contributed by atoms with Crippen molar-refractivity contribution in [2.75, 3.05) is 12.4 Å². The maximum atomic E-state index is 4.60. The summed E-state index contributed by atoms with van der Waals surface area (Å²) in [5, 5.41) is 3.15. The van der Waals surface area contributed by atoms with E-state index in [1.54, 1.807) is 16.8 Å². The van der Waals surface area contributed by atoms with E-state index < -0.39 is 0 Å². The van der Waals surface area contributed by atoms with Crippen molar-refractivity contribution in [3.63, 3.8) is 0 Å². The molecule has 3 heterocycles. The van der Waals surface area contributed by atoms with Crippen LogP contribution in [-0.4, -0.2) is 22.0 Å². The highest BCUT2D eigenvalue weighted by Gasteiger charge is 2.19. The van der Waals surface area contributed by atoms with Gasteiger partial charge in [0.15, 0.2) is 5.82 Å². The summed E-state index contributed by atoms with van der Waals surface area (Å²) in [5.74, 6) is 3.74. The first-order chi connectivity index (χ1) is 7.88. The molecule has 0 saturated heterocycles. The Hall–Kier alpha value is -1.14. The van der Waals surface area contributed by atoms with Crippen molar-refractivity contribution in [1.29, 1.82) is 0 Å². The molecule has 1 aliphatic heterocycles. The number of aromatic nitrogens is 3. The lowest BCUT2D eigenvalue weighted by Crippen LogP contribution is -2.02. The van der Waals surface area contributed by atoms with Crippen molar-refractivity contribution in [3.8, 4) is 10.7 Å². The van der Waals surface area contributed by atoms with Gasteiger partial charge in [-0.25, -0.2) is 9.97 Å². The molecule has 0 atom stereocenters. The van der Waals surface area contributed by atoms with Crippen molar-refractivity contribution in [1.82, 2.24) is 15.0 Å². The average molecular weight is 250 g/mol. The molecule has 0 bridgehead atoms. The Labute approximate surface area is 102 Å². The molecule has 1 aliphatic rings. The Morgan fingerprint density at radius 2 is 2.25 bits per heavy atom. The molecular weight excluding hydrogens is 240 g/mol. The Morgan fingerprint density at radius 1 is 1.31 bits per heavy atom. The lowest BCUT2D eigenvalue weighted by molar-refractivity contribution is 1.07. The summed E-state index contributed by atoms with van der Waals surface area (Å²) in [5.41, 5.74) is 4.22. The molecule has 1 N–H and O–H groups in total. The van der Waals surface area contributed by atoms with Gasteiger partial charge in [-0.2, -0.15) is 11.8 Å². The topological polar surface area (TPSA) is 50.7 Å². The summed E-state index contributed by atoms with van der Waals surface area (Å²) < 4.78 is 0.